The Morgan fingerprint density at radius 1 is 1.52 bits per heavy atom. The molecule has 2 rings (SSSR count). The smallest absolute Gasteiger partial charge is 0.433 e. The molecule has 116 valence electrons. The van der Waals surface area contributed by atoms with Gasteiger partial charge in [-0.15, -0.1) is 0 Å². The number of carboxylic acid groups (broad SMARTS) is 1. The van der Waals surface area contributed by atoms with Gasteiger partial charge in [0, 0.05) is 13.1 Å². The number of furan rings is 1. The zero-order chi connectivity index (χ0) is 15.8. The van der Waals surface area contributed by atoms with Gasteiger partial charge in [-0.3, -0.25) is 19.8 Å². The zero-order valence-corrected chi connectivity index (χ0v) is 10.6. The minimum Gasteiger partial charge on any atom is -0.481 e. The van der Waals surface area contributed by atoms with E-state index in [0.29, 0.717) is 0 Å². The average Bonchev–Trinajstić information content (AvgIpc) is 2.95. The van der Waals surface area contributed by atoms with Gasteiger partial charge < -0.3 is 9.52 Å². The van der Waals surface area contributed by atoms with Crippen molar-refractivity contribution in [2.24, 2.45) is 5.41 Å². The first kappa shape index (κ1) is 15.3. The number of rotatable bonds is 4. The molecule has 1 unspecified atom stereocenters. The number of hydrogen-bond acceptors (Lipinski definition) is 5. The Hall–Kier alpha value is -2.10. The number of likely N-dealkylation sites (tertiary alicyclic amines) is 1. The number of aliphatic carboxylic acids is 1. The van der Waals surface area contributed by atoms with Gasteiger partial charge >= 0.3 is 18.0 Å². The lowest BCUT2D eigenvalue weighted by Gasteiger charge is -2.27. The van der Waals surface area contributed by atoms with Gasteiger partial charge in [-0.25, -0.2) is 0 Å². The average molecular weight is 308 g/mol. The molecule has 0 bridgehead atoms. The van der Waals surface area contributed by atoms with Crippen LogP contribution in [0, 0.1) is 15.5 Å². The van der Waals surface area contributed by atoms with Gasteiger partial charge in [-0.1, -0.05) is 0 Å². The highest BCUT2D eigenvalue weighted by atomic mass is 19.4. The molecule has 1 atom stereocenters. The van der Waals surface area contributed by atoms with E-state index in [0.717, 1.165) is 6.07 Å². The lowest BCUT2D eigenvalue weighted by Crippen LogP contribution is -2.47. The van der Waals surface area contributed by atoms with Crippen LogP contribution in [0.3, 0.4) is 0 Å². The van der Waals surface area contributed by atoms with Crippen LogP contribution in [0.2, 0.25) is 0 Å². The first-order valence-corrected chi connectivity index (χ1v) is 5.91. The molecule has 1 N–H and O–H groups in total. The predicted octanol–water partition coefficient (Wildman–Crippen LogP) is 2.03. The van der Waals surface area contributed by atoms with E-state index in [1.165, 1.54) is 11.0 Å². The van der Waals surface area contributed by atoms with Gasteiger partial charge in [-0.2, -0.15) is 13.2 Å². The lowest BCUT2D eigenvalue weighted by atomic mass is 9.86. The van der Waals surface area contributed by atoms with E-state index in [4.69, 9.17) is 9.52 Å². The Labute approximate surface area is 116 Å². The summed E-state index contributed by atoms with van der Waals surface area (Å²) in [6.07, 6.45) is -5.42. The molecule has 1 aliphatic heterocycles. The summed E-state index contributed by atoms with van der Waals surface area (Å²) < 4.78 is 43.8. The van der Waals surface area contributed by atoms with Crippen LogP contribution >= 0.6 is 0 Å². The van der Waals surface area contributed by atoms with E-state index in [1.807, 2.05) is 0 Å². The Bertz CT molecular complexity index is 570. The molecule has 0 amide bonds. The molecule has 1 saturated heterocycles. The van der Waals surface area contributed by atoms with Crippen LogP contribution in [0.25, 0.3) is 0 Å². The molecule has 1 fully saturated rings. The SMILES string of the molecule is O=C(O)C1(C(F)(F)F)CCN(Cc2ccc([N+](=O)[O-])o2)C1. The molecule has 1 aromatic heterocycles. The summed E-state index contributed by atoms with van der Waals surface area (Å²) in [6.45, 7) is -0.903. The maximum atomic E-state index is 13.0. The third kappa shape index (κ3) is 2.71. The fourth-order valence-electron chi connectivity index (χ4n) is 2.32. The molecule has 0 aromatic carbocycles. The largest absolute Gasteiger partial charge is 0.481 e. The van der Waals surface area contributed by atoms with E-state index in [1.54, 1.807) is 0 Å². The van der Waals surface area contributed by atoms with Crippen molar-refractivity contribution in [2.75, 3.05) is 13.1 Å². The minimum atomic E-state index is -4.86. The summed E-state index contributed by atoms with van der Waals surface area (Å²) in [4.78, 5) is 21.9. The summed E-state index contributed by atoms with van der Waals surface area (Å²) >= 11 is 0. The van der Waals surface area contributed by atoms with E-state index in [-0.39, 0.29) is 18.8 Å². The Morgan fingerprint density at radius 2 is 2.19 bits per heavy atom. The molecule has 0 radical (unpaired) electrons. The Morgan fingerprint density at radius 3 is 2.62 bits per heavy atom. The van der Waals surface area contributed by atoms with Crippen molar-refractivity contribution < 1.29 is 32.4 Å². The van der Waals surface area contributed by atoms with Crippen LogP contribution in [0.1, 0.15) is 12.2 Å². The Kier molecular flexibility index (Phi) is 3.66. The summed E-state index contributed by atoms with van der Waals surface area (Å²) in [5.41, 5.74) is -2.80. The minimum absolute atomic E-state index is 0.0830. The van der Waals surface area contributed by atoms with E-state index < -0.39 is 41.3 Å². The van der Waals surface area contributed by atoms with Crippen LogP contribution in [0.5, 0.6) is 0 Å². The molecular formula is C11H11F3N2O5. The first-order valence-electron chi connectivity index (χ1n) is 5.91. The maximum Gasteiger partial charge on any atom is 0.433 e. The van der Waals surface area contributed by atoms with Gasteiger partial charge in [0.15, 0.2) is 5.41 Å². The lowest BCUT2D eigenvalue weighted by molar-refractivity contribution is -0.402. The highest BCUT2D eigenvalue weighted by Crippen LogP contribution is 2.46. The summed E-state index contributed by atoms with van der Waals surface area (Å²) in [7, 11) is 0. The number of nitrogens with zero attached hydrogens (tertiary/aromatic N) is 2. The molecule has 10 heteroatoms. The van der Waals surface area contributed by atoms with Crippen LogP contribution in [0.4, 0.5) is 19.1 Å². The predicted molar refractivity (Wildman–Crippen MR) is 61.4 cm³/mol. The molecule has 1 aliphatic rings. The van der Waals surface area contributed by atoms with Gasteiger partial charge in [0.25, 0.3) is 0 Å². The van der Waals surface area contributed by atoms with Crippen LogP contribution < -0.4 is 0 Å². The number of carbonyl (C=O) groups is 1. The van der Waals surface area contributed by atoms with Crippen molar-refractivity contribution in [1.29, 1.82) is 0 Å². The maximum absolute atomic E-state index is 13.0. The molecule has 21 heavy (non-hydrogen) atoms. The quantitative estimate of drug-likeness (QED) is 0.675. The molecule has 7 nitrogen and oxygen atoms in total. The van der Waals surface area contributed by atoms with Crippen molar-refractivity contribution in [3.8, 4) is 0 Å². The molecular weight excluding hydrogens is 297 g/mol. The zero-order valence-electron chi connectivity index (χ0n) is 10.6. The topological polar surface area (TPSA) is 96.8 Å². The molecule has 0 spiro atoms. The second-order valence-corrected chi connectivity index (χ2v) is 4.84. The van der Waals surface area contributed by atoms with Gasteiger partial charge in [0.1, 0.15) is 10.7 Å². The van der Waals surface area contributed by atoms with Crippen molar-refractivity contribution in [3.05, 3.63) is 28.0 Å². The van der Waals surface area contributed by atoms with Crippen LogP contribution in [-0.4, -0.2) is 40.2 Å². The highest BCUT2D eigenvalue weighted by molar-refractivity contribution is 5.76. The normalized spacial score (nSPS) is 23.4. The number of carboxylic acids is 1. The molecule has 0 aliphatic carbocycles. The van der Waals surface area contributed by atoms with Crippen molar-refractivity contribution in [1.82, 2.24) is 4.90 Å². The van der Waals surface area contributed by atoms with Crippen molar-refractivity contribution in [2.45, 2.75) is 19.1 Å². The fraction of sp³-hybridized carbons (Fsp3) is 0.545. The summed E-state index contributed by atoms with van der Waals surface area (Å²) in [5.74, 6) is -2.31. The molecule has 0 saturated carbocycles. The van der Waals surface area contributed by atoms with Crippen molar-refractivity contribution in [3.63, 3.8) is 0 Å². The van der Waals surface area contributed by atoms with Gasteiger partial charge in [0.2, 0.25) is 0 Å². The first-order chi connectivity index (χ1) is 9.65. The van der Waals surface area contributed by atoms with Crippen LogP contribution in [0.15, 0.2) is 16.5 Å². The summed E-state index contributed by atoms with van der Waals surface area (Å²) in [5, 5.41) is 19.3. The summed E-state index contributed by atoms with van der Waals surface area (Å²) in [6, 6.07) is 2.38. The number of hydrogen-bond donors (Lipinski definition) is 1. The van der Waals surface area contributed by atoms with Crippen LogP contribution in [-0.2, 0) is 11.3 Å². The monoisotopic (exact) mass is 308 g/mol. The standard InChI is InChI=1S/C11H11F3N2O5/c12-11(13,14)10(9(17)18)3-4-15(6-10)5-7-1-2-8(21-7)16(19)20/h1-2H,3-6H2,(H,17,18). The van der Waals surface area contributed by atoms with Crippen molar-refractivity contribution >= 4 is 11.9 Å². The second kappa shape index (κ2) is 5.02. The molecule has 1 aromatic rings. The van der Waals surface area contributed by atoms with Gasteiger partial charge in [-0.05, 0) is 12.5 Å². The van der Waals surface area contributed by atoms with E-state index >= 15 is 0 Å². The highest BCUT2D eigenvalue weighted by Gasteiger charge is 2.63. The second-order valence-electron chi connectivity index (χ2n) is 4.84. The van der Waals surface area contributed by atoms with E-state index in [2.05, 4.69) is 0 Å². The number of nitro groups is 1. The Balaban J connectivity index is 2.11. The third-order valence-corrected chi connectivity index (χ3v) is 3.51. The number of halogens is 3. The third-order valence-electron chi connectivity index (χ3n) is 3.51. The van der Waals surface area contributed by atoms with Gasteiger partial charge in [0.05, 0.1) is 12.6 Å². The fourth-order valence-corrected chi connectivity index (χ4v) is 2.32. The van der Waals surface area contributed by atoms with E-state index in [9.17, 15) is 28.1 Å². The molecule has 2 heterocycles. The number of alkyl halides is 3.